The first kappa shape index (κ1) is 11.6. The summed E-state index contributed by atoms with van der Waals surface area (Å²) in [6.07, 6.45) is 1.77. The molecule has 72 valence electrons. The topological polar surface area (TPSA) is 54.4 Å². The van der Waals surface area contributed by atoms with Gasteiger partial charge in [0.05, 0.1) is 11.4 Å². The van der Waals surface area contributed by atoms with E-state index in [2.05, 4.69) is 0 Å². The van der Waals surface area contributed by atoms with Crippen LogP contribution in [0.4, 0.5) is 0 Å². The molecule has 0 aromatic heterocycles. The maximum Gasteiger partial charge on any atom is 0.152 e. The molecule has 0 heterocycles. The molecular formula is C8H16O3S. The van der Waals surface area contributed by atoms with Crippen LogP contribution in [0.15, 0.2) is 11.6 Å². The van der Waals surface area contributed by atoms with Gasteiger partial charge in [-0.25, -0.2) is 8.42 Å². The Balaban J connectivity index is 4.52. The molecule has 0 spiro atoms. The van der Waals surface area contributed by atoms with E-state index in [0.29, 0.717) is 0 Å². The zero-order valence-corrected chi connectivity index (χ0v) is 8.72. The fraction of sp³-hybridized carbons (Fsp3) is 0.750. The summed E-state index contributed by atoms with van der Waals surface area (Å²) in [6.45, 7) is 5.13. The molecular weight excluding hydrogens is 176 g/mol. The maximum absolute atomic E-state index is 11.0. The molecule has 2 unspecified atom stereocenters. The second kappa shape index (κ2) is 4.05. The molecule has 0 amide bonds. The van der Waals surface area contributed by atoms with Crippen molar-refractivity contribution < 1.29 is 13.5 Å². The van der Waals surface area contributed by atoms with Gasteiger partial charge in [0, 0.05) is 6.26 Å². The van der Waals surface area contributed by atoms with E-state index in [1.807, 2.05) is 13.8 Å². The molecule has 0 aliphatic carbocycles. The molecule has 2 atom stereocenters. The van der Waals surface area contributed by atoms with E-state index < -0.39 is 21.2 Å². The number of aliphatic hydroxyl groups excluding tert-OH is 1. The summed E-state index contributed by atoms with van der Waals surface area (Å²) in [7, 11) is -3.14. The van der Waals surface area contributed by atoms with Crippen LogP contribution in [0, 0.1) is 0 Å². The van der Waals surface area contributed by atoms with Gasteiger partial charge in [0.2, 0.25) is 0 Å². The normalized spacial score (nSPS) is 16.8. The lowest BCUT2D eigenvalue weighted by Crippen LogP contribution is -2.29. The average Bonchev–Trinajstić information content (AvgIpc) is 1.82. The van der Waals surface area contributed by atoms with Crippen molar-refractivity contribution in [3.63, 3.8) is 0 Å². The minimum absolute atomic E-state index is 0.729. The molecule has 4 heteroatoms. The quantitative estimate of drug-likeness (QED) is 0.671. The van der Waals surface area contributed by atoms with Crippen molar-refractivity contribution in [3.05, 3.63) is 11.6 Å². The fourth-order valence-electron chi connectivity index (χ4n) is 0.730. The van der Waals surface area contributed by atoms with Crippen LogP contribution in [0.25, 0.3) is 0 Å². The molecule has 0 aliphatic rings. The largest absolute Gasteiger partial charge is 0.388 e. The Morgan fingerprint density at radius 2 is 1.83 bits per heavy atom. The highest BCUT2D eigenvalue weighted by molar-refractivity contribution is 7.91. The minimum Gasteiger partial charge on any atom is -0.388 e. The summed E-state index contributed by atoms with van der Waals surface area (Å²) in [5.74, 6) is 0. The van der Waals surface area contributed by atoms with E-state index >= 15 is 0 Å². The van der Waals surface area contributed by atoms with Crippen LogP contribution in [-0.2, 0) is 9.84 Å². The lowest BCUT2D eigenvalue weighted by Gasteiger charge is -2.13. The van der Waals surface area contributed by atoms with Crippen molar-refractivity contribution >= 4 is 9.84 Å². The number of hydrogen-bond donors (Lipinski definition) is 1. The third kappa shape index (κ3) is 3.88. The van der Waals surface area contributed by atoms with E-state index in [9.17, 15) is 13.5 Å². The van der Waals surface area contributed by atoms with Gasteiger partial charge in [-0.05, 0) is 20.8 Å². The van der Waals surface area contributed by atoms with Crippen LogP contribution >= 0.6 is 0 Å². The van der Waals surface area contributed by atoms with Gasteiger partial charge < -0.3 is 5.11 Å². The van der Waals surface area contributed by atoms with Crippen molar-refractivity contribution in [2.45, 2.75) is 32.1 Å². The summed E-state index contributed by atoms with van der Waals surface area (Å²) in [5.41, 5.74) is 0.915. The summed E-state index contributed by atoms with van der Waals surface area (Å²) in [5, 5.41) is 8.64. The van der Waals surface area contributed by atoms with Crippen molar-refractivity contribution in [2.75, 3.05) is 6.26 Å². The highest BCUT2D eigenvalue weighted by atomic mass is 32.2. The second-order valence-electron chi connectivity index (χ2n) is 3.27. The van der Waals surface area contributed by atoms with Gasteiger partial charge >= 0.3 is 0 Å². The van der Waals surface area contributed by atoms with Crippen LogP contribution in [-0.4, -0.2) is 31.1 Å². The molecule has 3 nitrogen and oxygen atoms in total. The Morgan fingerprint density at radius 3 is 2.08 bits per heavy atom. The zero-order chi connectivity index (χ0) is 9.94. The van der Waals surface area contributed by atoms with E-state index in [4.69, 9.17) is 0 Å². The van der Waals surface area contributed by atoms with Crippen molar-refractivity contribution in [3.8, 4) is 0 Å². The van der Waals surface area contributed by atoms with Gasteiger partial charge in [-0.2, -0.15) is 0 Å². The molecule has 1 N–H and O–H groups in total. The maximum atomic E-state index is 11.0. The summed E-state index contributed by atoms with van der Waals surface area (Å²) in [4.78, 5) is 0. The molecule has 0 saturated heterocycles. The van der Waals surface area contributed by atoms with Crippen LogP contribution < -0.4 is 0 Å². The smallest absolute Gasteiger partial charge is 0.152 e. The molecule has 0 fully saturated rings. The van der Waals surface area contributed by atoms with E-state index in [0.717, 1.165) is 11.8 Å². The molecule has 0 saturated carbocycles. The van der Waals surface area contributed by atoms with Gasteiger partial charge in [0.15, 0.2) is 9.84 Å². The third-order valence-electron chi connectivity index (χ3n) is 1.66. The van der Waals surface area contributed by atoms with E-state index in [-0.39, 0.29) is 0 Å². The van der Waals surface area contributed by atoms with Gasteiger partial charge in [-0.1, -0.05) is 11.6 Å². The average molecular weight is 192 g/mol. The third-order valence-corrected chi connectivity index (χ3v) is 3.29. The molecule has 0 bridgehead atoms. The lowest BCUT2D eigenvalue weighted by atomic mass is 10.2. The van der Waals surface area contributed by atoms with Crippen LogP contribution in [0.3, 0.4) is 0 Å². The first-order chi connectivity index (χ1) is 5.25. The number of rotatable bonds is 3. The Hall–Kier alpha value is -0.350. The minimum atomic E-state index is -3.14. The van der Waals surface area contributed by atoms with Gasteiger partial charge in [-0.3, -0.25) is 0 Å². The van der Waals surface area contributed by atoms with Crippen molar-refractivity contribution in [2.24, 2.45) is 0 Å². The van der Waals surface area contributed by atoms with Gasteiger partial charge in [-0.15, -0.1) is 0 Å². The first-order valence-electron chi connectivity index (χ1n) is 3.77. The van der Waals surface area contributed by atoms with Crippen LogP contribution in [0.5, 0.6) is 0 Å². The number of hydrogen-bond acceptors (Lipinski definition) is 3. The highest BCUT2D eigenvalue weighted by Gasteiger charge is 2.21. The second-order valence-corrected chi connectivity index (χ2v) is 5.67. The molecule has 0 rings (SSSR count). The molecule has 0 aromatic rings. The SMILES string of the molecule is CC(C)=CC(O)C(C)S(C)(=O)=O. The number of aliphatic hydroxyl groups is 1. The predicted octanol–water partition coefficient (Wildman–Crippen LogP) is 0.747. The standard InChI is InChI=1S/C8H16O3S/c1-6(2)5-8(9)7(3)12(4,10)11/h5,7-9H,1-4H3. The predicted molar refractivity (Wildman–Crippen MR) is 49.7 cm³/mol. The fourth-order valence-corrected chi connectivity index (χ4v) is 1.32. The molecule has 0 radical (unpaired) electrons. The Morgan fingerprint density at radius 1 is 1.42 bits per heavy atom. The zero-order valence-electron chi connectivity index (χ0n) is 7.90. The van der Waals surface area contributed by atoms with E-state index in [1.165, 1.54) is 6.92 Å². The van der Waals surface area contributed by atoms with Crippen LogP contribution in [0.1, 0.15) is 20.8 Å². The molecule has 12 heavy (non-hydrogen) atoms. The van der Waals surface area contributed by atoms with Gasteiger partial charge in [0.1, 0.15) is 0 Å². The first-order valence-corrected chi connectivity index (χ1v) is 5.72. The molecule has 0 aromatic carbocycles. The highest BCUT2D eigenvalue weighted by Crippen LogP contribution is 2.07. The summed E-state index contributed by atoms with van der Waals surface area (Å²) < 4.78 is 21.9. The van der Waals surface area contributed by atoms with Crippen LogP contribution in [0.2, 0.25) is 0 Å². The van der Waals surface area contributed by atoms with E-state index in [1.54, 1.807) is 6.08 Å². The Kier molecular flexibility index (Phi) is 3.93. The summed E-state index contributed by atoms with van der Waals surface area (Å²) in [6, 6.07) is 0. The molecule has 0 aliphatic heterocycles. The monoisotopic (exact) mass is 192 g/mol. The Labute approximate surface area is 74.0 Å². The van der Waals surface area contributed by atoms with Crippen molar-refractivity contribution in [1.29, 1.82) is 0 Å². The lowest BCUT2D eigenvalue weighted by molar-refractivity contribution is 0.220. The van der Waals surface area contributed by atoms with Gasteiger partial charge in [0.25, 0.3) is 0 Å². The number of allylic oxidation sites excluding steroid dienone is 1. The Bertz CT molecular complexity index is 260. The van der Waals surface area contributed by atoms with Crippen molar-refractivity contribution in [1.82, 2.24) is 0 Å². The number of sulfone groups is 1. The summed E-state index contributed by atoms with van der Waals surface area (Å²) >= 11 is 0.